The Kier molecular flexibility index (Phi) is 8.41. The fourth-order valence-corrected chi connectivity index (χ4v) is 3.81. The Labute approximate surface area is 195 Å². The predicted octanol–water partition coefficient (Wildman–Crippen LogP) is 6.23. The second-order valence-electron chi connectivity index (χ2n) is 7.93. The van der Waals surface area contributed by atoms with Gasteiger partial charge in [-0.15, -0.1) is 0 Å². The van der Waals surface area contributed by atoms with Crippen molar-refractivity contribution in [3.05, 3.63) is 52.7 Å². The molecule has 0 saturated heterocycles. The standard InChI is InChI=1S/C25H28F3NO5/c1-3-6-19-21(11-10-20-23(19)34-29-24(20)25(26,27)28)33-14-5-13-32-18-9-7-17(8-12-22(30)31)16(4-2)15-18/h7,9-11,15H,3-6,8,12-14H2,1-2H3,(H,30,31). The first kappa shape index (κ1) is 25.4. The molecule has 184 valence electrons. The zero-order valence-electron chi connectivity index (χ0n) is 19.2. The van der Waals surface area contributed by atoms with Crippen LogP contribution >= 0.6 is 0 Å². The topological polar surface area (TPSA) is 81.8 Å². The highest BCUT2D eigenvalue weighted by atomic mass is 19.4. The van der Waals surface area contributed by atoms with Gasteiger partial charge in [-0.1, -0.05) is 31.5 Å². The molecule has 0 aliphatic carbocycles. The minimum atomic E-state index is -4.58. The number of hydrogen-bond acceptors (Lipinski definition) is 5. The van der Waals surface area contributed by atoms with Gasteiger partial charge in [0.2, 0.25) is 0 Å². The highest BCUT2D eigenvalue weighted by Crippen LogP contribution is 2.38. The van der Waals surface area contributed by atoms with Gasteiger partial charge in [-0.2, -0.15) is 13.2 Å². The molecule has 0 radical (unpaired) electrons. The Balaban J connectivity index is 1.59. The Morgan fingerprint density at radius 2 is 1.82 bits per heavy atom. The summed E-state index contributed by atoms with van der Waals surface area (Å²) in [7, 11) is 0. The van der Waals surface area contributed by atoms with Gasteiger partial charge >= 0.3 is 12.1 Å². The third-order valence-electron chi connectivity index (χ3n) is 5.45. The summed E-state index contributed by atoms with van der Waals surface area (Å²) < 4.78 is 56.1. The van der Waals surface area contributed by atoms with Crippen LogP contribution in [0.1, 0.15) is 55.5 Å². The van der Waals surface area contributed by atoms with E-state index in [2.05, 4.69) is 5.16 Å². The number of benzene rings is 2. The third-order valence-corrected chi connectivity index (χ3v) is 5.45. The SMILES string of the molecule is CCCc1c(OCCCOc2ccc(CCC(=O)O)c(CC)c2)ccc2c(C(F)(F)F)noc12. The Morgan fingerprint density at radius 3 is 2.50 bits per heavy atom. The first-order valence-corrected chi connectivity index (χ1v) is 11.3. The first-order chi connectivity index (χ1) is 16.2. The molecule has 0 bridgehead atoms. The molecule has 3 aromatic rings. The lowest BCUT2D eigenvalue weighted by Gasteiger charge is -2.13. The van der Waals surface area contributed by atoms with Gasteiger partial charge in [0.05, 0.1) is 18.6 Å². The lowest BCUT2D eigenvalue weighted by Crippen LogP contribution is -2.07. The minimum absolute atomic E-state index is 0.0647. The van der Waals surface area contributed by atoms with Crippen molar-refractivity contribution in [3.8, 4) is 11.5 Å². The van der Waals surface area contributed by atoms with E-state index in [0.29, 0.717) is 56.0 Å². The molecule has 34 heavy (non-hydrogen) atoms. The largest absolute Gasteiger partial charge is 0.493 e. The predicted molar refractivity (Wildman–Crippen MR) is 120 cm³/mol. The summed E-state index contributed by atoms with van der Waals surface area (Å²) in [6, 6.07) is 8.51. The summed E-state index contributed by atoms with van der Waals surface area (Å²) in [5.74, 6) is 0.355. The molecular formula is C25H28F3NO5. The molecule has 2 aromatic carbocycles. The number of nitrogens with zero attached hydrogens (tertiary/aromatic N) is 1. The number of aryl methyl sites for hydroxylation is 3. The maximum atomic E-state index is 13.1. The molecule has 1 aromatic heterocycles. The van der Waals surface area contributed by atoms with Crippen LogP contribution in [0.4, 0.5) is 13.2 Å². The fraction of sp³-hybridized carbons (Fsp3) is 0.440. The molecule has 0 aliphatic heterocycles. The van der Waals surface area contributed by atoms with Gasteiger partial charge in [-0.25, -0.2) is 0 Å². The number of rotatable bonds is 12. The number of ether oxygens (including phenoxy) is 2. The number of carbonyl (C=O) groups is 1. The van der Waals surface area contributed by atoms with Crippen molar-refractivity contribution in [2.24, 2.45) is 0 Å². The third kappa shape index (κ3) is 6.21. The zero-order chi connectivity index (χ0) is 24.7. The average Bonchev–Trinajstić information content (AvgIpc) is 3.24. The van der Waals surface area contributed by atoms with Crippen LogP contribution in [0.5, 0.6) is 11.5 Å². The molecule has 0 atom stereocenters. The van der Waals surface area contributed by atoms with E-state index in [4.69, 9.17) is 19.1 Å². The van der Waals surface area contributed by atoms with Crippen LogP contribution in [0.15, 0.2) is 34.9 Å². The average molecular weight is 479 g/mol. The van der Waals surface area contributed by atoms with Crippen molar-refractivity contribution in [2.45, 2.75) is 58.5 Å². The lowest BCUT2D eigenvalue weighted by molar-refractivity contribution is -0.141. The maximum absolute atomic E-state index is 13.1. The highest BCUT2D eigenvalue weighted by Gasteiger charge is 2.37. The fourth-order valence-electron chi connectivity index (χ4n) is 3.81. The molecule has 0 fully saturated rings. The summed E-state index contributed by atoms with van der Waals surface area (Å²) >= 11 is 0. The molecule has 1 N–H and O–H groups in total. The van der Waals surface area contributed by atoms with Crippen molar-refractivity contribution in [1.82, 2.24) is 5.16 Å². The van der Waals surface area contributed by atoms with E-state index < -0.39 is 17.8 Å². The molecule has 0 unspecified atom stereocenters. The van der Waals surface area contributed by atoms with Crippen molar-refractivity contribution in [3.63, 3.8) is 0 Å². The summed E-state index contributed by atoms with van der Waals surface area (Å²) in [4.78, 5) is 10.8. The molecule has 0 aliphatic rings. The minimum Gasteiger partial charge on any atom is -0.493 e. The normalized spacial score (nSPS) is 11.7. The molecule has 6 nitrogen and oxygen atoms in total. The Hall–Kier alpha value is -3.23. The number of halogens is 3. The summed E-state index contributed by atoms with van der Waals surface area (Å²) in [5.41, 5.74) is 1.71. The zero-order valence-corrected chi connectivity index (χ0v) is 19.2. The Bertz CT molecular complexity index is 1120. The maximum Gasteiger partial charge on any atom is 0.437 e. The van der Waals surface area contributed by atoms with Crippen LogP contribution in [0.2, 0.25) is 0 Å². The Morgan fingerprint density at radius 1 is 1.06 bits per heavy atom. The van der Waals surface area contributed by atoms with Crippen molar-refractivity contribution in [2.75, 3.05) is 13.2 Å². The second-order valence-corrected chi connectivity index (χ2v) is 7.93. The van der Waals surface area contributed by atoms with Crippen molar-refractivity contribution >= 4 is 16.9 Å². The first-order valence-electron chi connectivity index (χ1n) is 11.3. The number of alkyl halides is 3. The van der Waals surface area contributed by atoms with Crippen molar-refractivity contribution in [1.29, 1.82) is 0 Å². The number of fused-ring (bicyclic) bond motifs is 1. The van der Waals surface area contributed by atoms with Crippen LogP contribution in [0, 0.1) is 0 Å². The van der Waals surface area contributed by atoms with E-state index in [1.165, 1.54) is 12.1 Å². The van der Waals surface area contributed by atoms with Gasteiger partial charge in [-0.05, 0) is 54.7 Å². The van der Waals surface area contributed by atoms with Gasteiger partial charge in [-0.3, -0.25) is 4.79 Å². The molecular weight excluding hydrogens is 451 g/mol. The number of aromatic nitrogens is 1. The molecule has 0 saturated carbocycles. The van der Waals surface area contributed by atoms with Gasteiger partial charge in [0.25, 0.3) is 0 Å². The van der Waals surface area contributed by atoms with Gasteiger partial charge in [0, 0.05) is 18.4 Å². The molecule has 9 heteroatoms. The van der Waals surface area contributed by atoms with Gasteiger partial charge < -0.3 is 19.1 Å². The molecule has 0 spiro atoms. The van der Waals surface area contributed by atoms with E-state index in [1.807, 2.05) is 32.0 Å². The van der Waals surface area contributed by atoms with Crippen LogP contribution < -0.4 is 9.47 Å². The monoisotopic (exact) mass is 479 g/mol. The second kappa shape index (κ2) is 11.3. The summed E-state index contributed by atoms with van der Waals surface area (Å²) in [6.45, 7) is 4.65. The summed E-state index contributed by atoms with van der Waals surface area (Å²) in [6.07, 6.45) is -1.46. The number of aliphatic carboxylic acids is 1. The quantitative estimate of drug-likeness (QED) is 0.310. The van der Waals surface area contributed by atoms with E-state index in [9.17, 15) is 18.0 Å². The molecule has 3 rings (SSSR count). The van der Waals surface area contributed by atoms with Gasteiger partial charge in [0.15, 0.2) is 11.3 Å². The highest BCUT2D eigenvalue weighted by molar-refractivity contribution is 5.85. The smallest absolute Gasteiger partial charge is 0.437 e. The lowest BCUT2D eigenvalue weighted by atomic mass is 10.0. The van der Waals surface area contributed by atoms with E-state index in [-0.39, 0.29) is 17.4 Å². The van der Waals surface area contributed by atoms with Gasteiger partial charge in [0.1, 0.15) is 11.5 Å². The van der Waals surface area contributed by atoms with E-state index in [0.717, 1.165) is 17.5 Å². The number of hydrogen-bond donors (Lipinski definition) is 1. The van der Waals surface area contributed by atoms with Crippen LogP contribution in [-0.4, -0.2) is 29.4 Å². The number of carboxylic acids is 1. The number of carboxylic acid groups (broad SMARTS) is 1. The van der Waals surface area contributed by atoms with E-state index >= 15 is 0 Å². The van der Waals surface area contributed by atoms with E-state index in [1.54, 1.807) is 0 Å². The van der Waals surface area contributed by atoms with Crippen molar-refractivity contribution < 1.29 is 37.1 Å². The molecule has 0 amide bonds. The van der Waals surface area contributed by atoms with Crippen LogP contribution in [0.3, 0.4) is 0 Å². The summed E-state index contributed by atoms with van der Waals surface area (Å²) in [5, 5.41) is 12.0. The van der Waals surface area contributed by atoms with Crippen LogP contribution in [0.25, 0.3) is 11.0 Å². The van der Waals surface area contributed by atoms with Crippen LogP contribution in [-0.2, 0) is 30.2 Å². The molecule has 1 heterocycles.